The number of hydrogen-bond donors (Lipinski definition) is 2. The molecule has 4 nitrogen and oxygen atoms in total. The molecule has 0 unspecified atom stereocenters. The van der Waals surface area contributed by atoms with Crippen LogP contribution in [-0.4, -0.2) is 21.1 Å². The number of thiocarbonyl (C=S) groups is 1. The van der Waals surface area contributed by atoms with Gasteiger partial charge in [0.15, 0.2) is 10.9 Å². The maximum absolute atomic E-state index is 5.18. The molecule has 1 aliphatic rings. The minimum Gasteiger partial charge on any atom is -0.360 e. The average Bonchev–Trinajstić information content (AvgIpc) is 2.71. The van der Waals surface area contributed by atoms with Crippen LogP contribution in [0.15, 0.2) is 18.6 Å². The predicted molar refractivity (Wildman–Crippen MR) is 63.6 cm³/mol. The normalized spacial score (nSPS) is 16.3. The summed E-state index contributed by atoms with van der Waals surface area (Å²) in [6.07, 6.45) is 9.95. The summed E-state index contributed by atoms with van der Waals surface area (Å²) in [7, 11) is 0. The first-order valence-corrected chi connectivity index (χ1v) is 5.59. The molecule has 15 heavy (non-hydrogen) atoms. The van der Waals surface area contributed by atoms with E-state index in [-0.39, 0.29) is 0 Å². The summed E-state index contributed by atoms with van der Waals surface area (Å²) in [5.41, 5.74) is 0. The fourth-order valence-corrected chi connectivity index (χ4v) is 2.04. The molecule has 5 heteroatoms. The minimum absolute atomic E-state index is 0.529. The van der Waals surface area contributed by atoms with Gasteiger partial charge in [-0.3, -0.25) is 4.98 Å². The Morgan fingerprint density at radius 2 is 2.13 bits per heavy atom. The van der Waals surface area contributed by atoms with Crippen molar-refractivity contribution >= 4 is 23.1 Å². The van der Waals surface area contributed by atoms with E-state index in [1.54, 1.807) is 18.6 Å². The van der Waals surface area contributed by atoms with Gasteiger partial charge < -0.3 is 10.6 Å². The minimum atomic E-state index is 0.529. The zero-order valence-corrected chi connectivity index (χ0v) is 9.26. The van der Waals surface area contributed by atoms with Gasteiger partial charge >= 0.3 is 0 Å². The van der Waals surface area contributed by atoms with E-state index < -0.39 is 0 Å². The second-order valence-corrected chi connectivity index (χ2v) is 4.08. The zero-order valence-electron chi connectivity index (χ0n) is 8.44. The summed E-state index contributed by atoms with van der Waals surface area (Å²) in [5, 5.41) is 6.94. The van der Waals surface area contributed by atoms with Gasteiger partial charge in [0.1, 0.15) is 0 Å². The predicted octanol–water partition coefficient (Wildman–Crippen LogP) is 1.71. The molecule has 1 aromatic heterocycles. The maximum Gasteiger partial charge on any atom is 0.172 e. The smallest absolute Gasteiger partial charge is 0.172 e. The molecule has 80 valence electrons. The van der Waals surface area contributed by atoms with E-state index in [0.717, 1.165) is 0 Å². The summed E-state index contributed by atoms with van der Waals surface area (Å²) in [4.78, 5) is 8.05. The van der Waals surface area contributed by atoms with Crippen LogP contribution < -0.4 is 10.6 Å². The Kier molecular flexibility index (Phi) is 3.45. The van der Waals surface area contributed by atoms with Crippen molar-refractivity contribution < 1.29 is 0 Å². The second kappa shape index (κ2) is 5.02. The van der Waals surface area contributed by atoms with Crippen LogP contribution in [0.2, 0.25) is 0 Å². The Labute approximate surface area is 94.5 Å². The Balaban J connectivity index is 1.82. The van der Waals surface area contributed by atoms with Gasteiger partial charge in [0, 0.05) is 18.4 Å². The summed E-state index contributed by atoms with van der Waals surface area (Å²) < 4.78 is 0. The van der Waals surface area contributed by atoms with E-state index in [2.05, 4.69) is 20.6 Å². The molecule has 0 spiro atoms. The van der Waals surface area contributed by atoms with E-state index in [4.69, 9.17) is 12.2 Å². The average molecular weight is 222 g/mol. The van der Waals surface area contributed by atoms with Gasteiger partial charge in [0.05, 0.1) is 6.20 Å². The van der Waals surface area contributed by atoms with Gasteiger partial charge in [-0.1, -0.05) is 12.8 Å². The lowest BCUT2D eigenvalue weighted by Gasteiger charge is -2.14. The molecular formula is C10H14N4S. The molecular weight excluding hydrogens is 208 g/mol. The fraction of sp³-hybridized carbons (Fsp3) is 0.500. The molecule has 0 aromatic carbocycles. The van der Waals surface area contributed by atoms with E-state index in [1.165, 1.54) is 25.7 Å². The first-order chi connectivity index (χ1) is 7.34. The van der Waals surface area contributed by atoms with Crippen molar-refractivity contribution in [1.82, 2.24) is 15.3 Å². The van der Waals surface area contributed by atoms with Crippen molar-refractivity contribution in [3.63, 3.8) is 0 Å². The van der Waals surface area contributed by atoms with Crippen LogP contribution in [-0.2, 0) is 0 Å². The molecule has 1 aromatic rings. The molecule has 0 bridgehead atoms. The Morgan fingerprint density at radius 3 is 2.80 bits per heavy atom. The Hall–Kier alpha value is -1.23. The highest BCUT2D eigenvalue weighted by Gasteiger charge is 2.15. The maximum atomic E-state index is 5.18. The monoisotopic (exact) mass is 222 g/mol. The summed E-state index contributed by atoms with van der Waals surface area (Å²) in [6.45, 7) is 0. The van der Waals surface area contributed by atoms with Gasteiger partial charge in [-0.25, -0.2) is 4.98 Å². The van der Waals surface area contributed by atoms with Crippen LogP contribution >= 0.6 is 12.2 Å². The molecule has 1 aliphatic carbocycles. The standard InChI is InChI=1S/C10H14N4S/c15-10(13-8-3-1-2-4-8)14-9-7-11-5-6-12-9/h5-8H,1-4H2,(H2,12,13,14,15). The molecule has 0 saturated heterocycles. The number of anilines is 1. The Morgan fingerprint density at radius 1 is 1.33 bits per heavy atom. The summed E-state index contributed by atoms with van der Waals surface area (Å²) >= 11 is 5.18. The third kappa shape index (κ3) is 3.13. The van der Waals surface area contributed by atoms with Gasteiger partial charge in [0.2, 0.25) is 0 Å². The molecule has 1 fully saturated rings. The van der Waals surface area contributed by atoms with E-state index in [0.29, 0.717) is 17.0 Å². The third-order valence-electron chi connectivity index (χ3n) is 2.50. The first kappa shape index (κ1) is 10.3. The summed E-state index contributed by atoms with van der Waals surface area (Å²) in [5.74, 6) is 0.688. The highest BCUT2D eigenvalue weighted by molar-refractivity contribution is 7.80. The topological polar surface area (TPSA) is 49.8 Å². The van der Waals surface area contributed by atoms with Gasteiger partial charge in [-0.2, -0.15) is 0 Å². The van der Waals surface area contributed by atoms with E-state index in [9.17, 15) is 0 Å². The molecule has 0 amide bonds. The molecule has 0 radical (unpaired) electrons. The van der Waals surface area contributed by atoms with Crippen molar-refractivity contribution in [3.8, 4) is 0 Å². The third-order valence-corrected chi connectivity index (χ3v) is 2.72. The van der Waals surface area contributed by atoms with Crippen LogP contribution in [0.1, 0.15) is 25.7 Å². The lowest BCUT2D eigenvalue weighted by atomic mass is 10.3. The largest absolute Gasteiger partial charge is 0.360 e. The first-order valence-electron chi connectivity index (χ1n) is 5.18. The molecule has 2 rings (SSSR count). The highest BCUT2D eigenvalue weighted by atomic mass is 32.1. The summed E-state index contributed by atoms with van der Waals surface area (Å²) in [6, 6.07) is 0.529. The second-order valence-electron chi connectivity index (χ2n) is 3.67. The number of aromatic nitrogens is 2. The highest BCUT2D eigenvalue weighted by Crippen LogP contribution is 2.17. The number of rotatable bonds is 2. The SMILES string of the molecule is S=C(Nc1cnccn1)NC1CCCC1. The molecule has 0 atom stereocenters. The van der Waals surface area contributed by atoms with Gasteiger partial charge in [-0.15, -0.1) is 0 Å². The van der Waals surface area contributed by atoms with Crippen LogP contribution in [0.3, 0.4) is 0 Å². The van der Waals surface area contributed by atoms with Crippen molar-refractivity contribution in [2.75, 3.05) is 5.32 Å². The molecule has 1 saturated carbocycles. The van der Waals surface area contributed by atoms with Gasteiger partial charge in [0.25, 0.3) is 0 Å². The van der Waals surface area contributed by atoms with E-state index in [1.807, 2.05) is 0 Å². The molecule has 2 N–H and O–H groups in total. The van der Waals surface area contributed by atoms with Crippen molar-refractivity contribution in [2.24, 2.45) is 0 Å². The van der Waals surface area contributed by atoms with E-state index >= 15 is 0 Å². The quantitative estimate of drug-likeness (QED) is 0.746. The van der Waals surface area contributed by atoms with Crippen molar-refractivity contribution in [1.29, 1.82) is 0 Å². The number of nitrogens with zero attached hydrogens (tertiary/aromatic N) is 2. The fourth-order valence-electron chi connectivity index (χ4n) is 1.77. The molecule has 1 heterocycles. The Bertz CT molecular complexity index is 321. The van der Waals surface area contributed by atoms with Crippen LogP contribution in [0.25, 0.3) is 0 Å². The lowest BCUT2D eigenvalue weighted by Crippen LogP contribution is -2.36. The molecule has 0 aliphatic heterocycles. The van der Waals surface area contributed by atoms with Crippen LogP contribution in [0, 0.1) is 0 Å². The lowest BCUT2D eigenvalue weighted by molar-refractivity contribution is 0.634. The van der Waals surface area contributed by atoms with Crippen LogP contribution in [0.4, 0.5) is 5.82 Å². The van der Waals surface area contributed by atoms with Crippen molar-refractivity contribution in [2.45, 2.75) is 31.7 Å². The van der Waals surface area contributed by atoms with Crippen LogP contribution in [0.5, 0.6) is 0 Å². The zero-order chi connectivity index (χ0) is 10.5. The number of hydrogen-bond acceptors (Lipinski definition) is 3. The van der Waals surface area contributed by atoms with Gasteiger partial charge in [-0.05, 0) is 25.1 Å². The number of nitrogens with one attached hydrogen (secondary N) is 2. The van der Waals surface area contributed by atoms with Crippen molar-refractivity contribution in [3.05, 3.63) is 18.6 Å².